The highest BCUT2D eigenvalue weighted by atomic mass is 19.1. The molecular weight excluding hydrogens is 341 g/mol. The third kappa shape index (κ3) is 4.66. The van der Waals surface area contributed by atoms with E-state index in [2.05, 4.69) is 15.6 Å². The summed E-state index contributed by atoms with van der Waals surface area (Å²) in [6.45, 7) is 1.44. The molecule has 2 aromatic carbocycles. The van der Waals surface area contributed by atoms with E-state index in [0.717, 1.165) is 30.9 Å². The van der Waals surface area contributed by atoms with Crippen molar-refractivity contribution in [2.75, 3.05) is 26.7 Å². The molecule has 1 saturated carbocycles. The Kier molecular flexibility index (Phi) is 6.45. The molecule has 1 fully saturated rings. The maximum absolute atomic E-state index is 13.2. The van der Waals surface area contributed by atoms with Gasteiger partial charge in [-0.1, -0.05) is 48.9 Å². The number of nitrogens with one attached hydrogen (secondary N) is 2. The molecule has 4 nitrogen and oxygen atoms in total. The number of hydrogen-bond acceptors (Lipinski definition) is 2. The van der Waals surface area contributed by atoms with Crippen LogP contribution in [-0.4, -0.2) is 37.8 Å². The van der Waals surface area contributed by atoms with Crippen molar-refractivity contribution in [1.29, 1.82) is 0 Å². The van der Waals surface area contributed by atoms with Crippen LogP contribution in [0.25, 0.3) is 0 Å². The molecule has 27 heavy (non-hydrogen) atoms. The van der Waals surface area contributed by atoms with Gasteiger partial charge in [-0.25, -0.2) is 4.39 Å². The van der Waals surface area contributed by atoms with Crippen LogP contribution in [0.4, 0.5) is 4.39 Å². The van der Waals surface area contributed by atoms with E-state index in [-0.39, 0.29) is 23.8 Å². The van der Waals surface area contributed by atoms with Crippen LogP contribution in [0.5, 0.6) is 0 Å². The molecule has 144 valence electrons. The Morgan fingerprint density at radius 1 is 1.11 bits per heavy atom. The maximum atomic E-state index is 13.2. The molecule has 0 saturated heterocycles. The van der Waals surface area contributed by atoms with Crippen molar-refractivity contribution in [2.24, 2.45) is 4.99 Å². The minimum Gasteiger partial charge on any atom is -0.396 e. The number of rotatable bonds is 7. The van der Waals surface area contributed by atoms with Gasteiger partial charge in [-0.2, -0.15) is 0 Å². The van der Waals surface area contributed by atoms with Crippen molar-refractivity contribution in [3.8, 4) is 0 Å². The van der Waals surface area contributed by atoms with Gasteiger partial charge in [0.1, 0.15) is 5.82 Å². The Morgan fingerprint density at radius 3 is 2.37 bits per heavy atom. The number of benzene rings is 2. The lowest BCUT2D eigenvalue weighted by molar-refractivity contribution is 0.243. The van der Waals surface area contributed by atoms with E-state index in [1.165, 1.54) is 24.1 Å². The van der Waals surface area contributed by atoms with E-state index in [0.29, 0.717) is 6.54 Å². The van der Waals surface area contributed by atoms with Gasteiger partial charge in [-0.05, 0) is 36.1 Å². The van der Waals surface area contributed by atoms with E-state index in [1.807, 2.05) is 42.5 Å². The minimum atomic E-state index is -0.199. The lowest BCUT2D eigenvalue weighted by atomic mass is 9.64. The SMILES string of the molecule is CN=C(NCC(CO)c1ccccc1)NCC1(c2ccc(F)cc2)CCC1. The molecule has 0 amide bonds. The standard InChI is InChI=1S/C22H28FN3O/c1-24-21(25-14-18(15-27)17-6-3-2-4-7-17)26-16-22(12-5-13-22)19-8-10-20(23)11-9-19/h2-4,6-11,18,27H,5,12-16H2,1H3,(H2,24,25,26). The average molecular weight is 369 g/mol. The highest BCUT2D eigenvalue weighted by Gasteiger charge is 2.38. The van der Waals surface area contributed by atoms with Gasteiger partial charge in [0.15, 0.2) is 5.96 Å². The van der Waals surface area contributed by atoms with Crippen LogP contribution in [-0.2, 0) is 5.41 Å². The van der Waals surface area contributed by atoms with Gasteiger partial charge in [0.25, 0.3) is 0 Å². The molecular formula is C22H28FN3O. The summed E-state index contributed by atoms with van der Waals surface area (Å²) in [5, 5.41) is 16.5. The van der Waals surface area contributed by atoms with Crippen LogP contribution >= 0.6 is 0 Å². The van der Waals surface area contributed by atoms with E-state index in [9.17, 15) is 9.50 Å². The monoisotopic (exact) mass is 369 g/mol. The van der Waals surface area contributed by atoms with Gasteiger partial charge >= 0.3 is 0 Å². The third-order valence-electron chi connectivity index (χ3n) is 5.59. The van der Waals surface area contributed by atoms with Crippen LogP contribution < -0.4 is 10.6 Å². The lowest BCUT2D eigenvalue weighted by Crippen LogP contribution is -2.49. The molecule has 1 unspecified atom stereocenters. The Labute approximate surface area is 160 Å². The van der Waals surface area contributed by atoms with Crippen molar-refractivity contribution < 1.29 is 9.50 Å². The summed E-state index contributed by atoms with van der Waals surface area (Å²) in [5.74, 6) is 0.534. The van der Waals surface area contributed by atoms with Gasteiger partial charge < -0.3 is 15.7 Å². The number of nitrogens with zero attached hydrogens (tertiary/aromatic N) is 1. The first-order valence-corrected chi connectivity index (χ1v) is 9.53. The van der Waals surface area contributed by atoms with Gasteiger partial charge in [0.2, 0.25) is 0 Å². The Bertz CT molecular complexity index is 742. The molecule has 3 rings (SSSR count). The van der Waals surface area contributed by atoms with Crippen molar-refractivity contribution >= 4 is 5.96 Å². The Balaban J connectivity index is 1.58. The zero-order valence-electron chi connectivity index (χ0n) is 15.8. The number of aliphatic hydroxyl groups excluding tert-OH is 1. The van der Waals surface area contributed by atoms with E-state index in [1.54, 1.807) is 7.05 Å². The number of halogens is 1. The van der Waals surface area contributed by atoms with Crippen LogP contribution in [0.15, 0.2) is 59.6 Å². The molecule has 0 aromatic heterocycles. The summed E-state index contributed by atoms with van der Waals surface area (Å²) in [4.78, 5) is 4.31. The molecule has 1 aliphatic carbocycles. The quantitative estimate of drug-likeness (QED) is 0.519. The lowest BCUT2D eigenvalue weighted by Gasteiger charge is -2.43. The Hall–Kier alpha value is -2.40. The summed E-state index contributed by atoms with van der Waals surface area (Å²) in [7, 11) is 1.75. The molecule has 0 heterocycles. The normalized spacial score (nSPS) is 17.1. The van der Waals surface area contributed by atoms with E-state index >= 15 is 0 Å². The summed E-state index contributed by atoms with van der Waals surface area (Å²) in [6.07, 6.45) is 3.36. The van der Waals surface area contributed by atoms with Gasteiger partial charge in [0, 0.05) is 31.5 Å². The molecule has 1 atom stereocenters. The average Bonchev–Trinajstić information content (AvgIpc) is 2.68. The van der Waals surface area contributed by atoms with Gasteiger partial charge in [0.05, 0.1) is 6.61 Å². The summed E-state index contributed by atoms with van der Waals surface area (Å²) < 4.78 is 13.2. The smallest absolute Gasteiger partial charge is 0.191 e. The number of aliphatic imine (C=N–C) groups is 1. The summed E-state index contributed by atoms with van der Waals surface area (Å²) >= 11 is 0. The summed E-state index contributed by atoms with van der Waals surface area (Å²) in [5.41, 5.74) is 2.32. The zero-order valence-corrected chi connectivity index (χ0v) is 15.8. The van der Waals surface area contributed by atoms with E-state index < -0.39 is 0 Å². The second kappa shape index (κ2) is 9.00. The predicted molar refractivity (Wildman–Crippen MR) is 108 cm³/mol. The molecule has 5 heteroatoms. The molecule has 2 aromatic rings. The molecule has 0 bridgehead atoms. The van der Waals surface area contributed by atoms with Crippen LogP contribution in [0, 0.1) is 5.82 Å². The molecule has 0 spiro atoms. The van der Waals surface area contributed by atoms with Crippen molar-refractivity contribution in [3.05, 3.63) is 71.5 Å². The largest absolute Gasteiger partial charge is 0.396 e. The molecule has 0 radical (unpaired) electrons. The maximum Gasteiger partial charge on any atom is 0.191 e. The van der Waals surface area contributed by atoms with Gasteiger partial charge in [-0.15, -0.1) is 0 Å². The fourth-order valence-electron chi connectivity index (χ4n) is 3.68. The Morgan fingerprint density at radius 2 is 1.81 bits per heavy atom. The van der Waals surface area contributed by atoms with Crippen LogP contribution in [0.2, 0.25) is 0 Å². The van der Waals surface area contributed by atoms with Gasteiger partial charge in [-0.3, -0.25) is 4.99 Å². The predicted octanol–water partition coefficient (Wildman–Crippen LogP) is 3.19. The van der Waals surface area contributed by atoms with E-state index in [4.69, 9.17) is 0 Å². The number of hydrogen-bond donors (Lipinski definition) is 3. The second-order valence-electron chi connectivity index (χ2n) is 7.24. The second-order valence-corrected chi connectivity index (χ2v) is 7.24. The molecule has 0 aliphatic heterocycles. The third-order valence-corrected chi connectivity index (χ3v) is 5.59. The molecule has 3 N–H and O–H groups in total. The van der Waals surface area contributed by atoms with Crippen molar-refractivity contribution in [2.45, 2.75) is 30.6 Å². The van der Waals surface area contributed by atoms with Crippen LogP contribution in [0.1, 0.15) is 36.3 Å². The van der Waals surface area contributed by atoms with Crippen molar-refractivity contribution in [3.63, 3.8) is 0 Å². The zero-order chi connectivity index (χ0) is 19.1. The first-order valence-electron chi connectivity index (χ1n) is 9.53. The number of aliphatic hydroxyl groups is 1. The fraction of sp³-hybridized carbons (Fsp3) is 0.409. The van der Waals surface area contributed by atoms with Crippen molar-refractivity contribution in [1.82, 2.24) is 10.6 Å². The topological polar surface area (TPSA) is 56.7 Å². The fourth-order valence-corrected chi connectivity index (χ4v) is 3.68. The molecule has 1 aliphatic rings. The first kappa shape index (κ1) is 19.4. The summed E-state index contributed by atoms with van der Waals surface area (Å²) in [6, 6.07) is 16.8. The number of guanidine groups is 1. The highest BCUT2D eigenvalue weighted by molar-refractivity contribution is 5.79. The van der Waals surface area contributed by atoms with Crippen LogP contribution in [0.3, 0.4) is 0 Å². The first-order chi connectivity index (χ1) is 13.2. The minimum absolute atomic E-state index is 0.0134. The highest BCUT2D eigenvalue weighted by Crippen LogP contribution is 2.43.